The molecule has 10 heteroatoms. The normalized spacial score (nSPS) is 12.0. The number of alkyl halides is 3. The molecule has 6 nitrogen and oxygen atoms in total. The Labute approximate surface area is 204 Å². The second kappa shape index (κ2) is 11.2. The van der Waals surface area contributed by atoms with Crippen LogP contribution in [0.2, 0.25) is 0 Å². The van der Waals surface area contributed by atoms with Crippen molar-refractivity contribution in [2.24, 2.45) is 0 Å². The quantitative estimate of drug-likeness (QED) is 0.378. The molecule has 0 bridgehead atoms. The molecule has 0 aliphatic heterocycles. The second-order valence-corrected chi connectivity index (χ2v) is 8.35. The van der Waals surface area contributed by atoms with Gasteiger partial charge in [0.2, 0.25) is 5.91 Å². The highest BCUT2D eigenvalue weighted by Gasteiger charge is 2.35. The Morgan fingerprint density at radius 2 is 1.77 bits per heavy atom. The predicted octanol–water partition coefficient (Wildman–Crippen LogP) is 6.07. The van der Waals surface area contributed by atoms with E-state index in [1.54, 1.807) is 43.5 Å². The van der Waals surface area contributed by atoms with Gasteiger partial charge in [-0.2, -0.15) is 13.2 Å². The Hall–Kier alpha value is -3.66. The number of anilines is 2. The Morgan fingerprint density at radius 1 is 1.03 bits per heavy atom. The van der Waals surface area contributed by atoms with Crippen molar-refractivity contribution in [3.8, 4) is 0 Å². The smallest absolute Gasteiger partial charge is 0.416 e. The average molecular weight is 505 g/mol. The van der Waals surface area contributed by atoms with Crippen LogP contribution in [0.25, 0.3) is 0 Å². The van der Waals surface area contributed by atoms with Crippen molar-refractivity contribution in [2.45, 2.75) is 32.5 Å². The molecule has 1 unspecified atom stereocenters. The lowest BCUT2D eigenvalue weighted by molar-refractivity contribution is -0.137. The van der Waals surface area contributed by atoms with Gasteiger partial charge in [-0.15, -0.1) is 11.3 Å². The van der Waals surface area contributed by atoms with E-state index < -0.39 is 35.6 Å². The van der Waals surface area contributed by atoms with Crippen LogP contribution in [0, 0.1) is 0 Å². The van der Waals surface area contributed by atoms with Gasteiger partial charge in [-0.1, -0.05) is 25.1 Å². The summed E-state index contributed by atoms with van der Waals surface area (Å²) < 4.78 is 45.1. The lowest BCUT2D eigenvalue weighted by Crippen LogP contribution is -2.41. The first-order valence-corrected chi connectivity index (χ1v) is 11.6. The van der Waals surface area contributed by atoms with Crippen LogP contribution in [0.15, 0.2) is 66.0 Å². The highest BCUT2D eigenvalue weighted by molar-refractivity contribution is 7.10. The zero-order valence-electron chi connectivity index (χ0n) is 19.0. The third-order valence-electron chi connectivity index (χ3n) is 4.98. The molecule has 0 radical (unpaired) electrons. The van der Waals surface area contributed by atoms with E-state index in [-0.39, 0.29) is 30.0 Å². The van der Waals surface area contributed by atoms with Crippen LogP contribution in [0.4, 0.5) is 24.5 Å². The molecule has 0 aliphatic rings. The summed E-state index contributed by atoms with van der Waals surface area (Å²) >= 11 is 1.19. The molecule has 2 amide bonds. The number of carbonyl (C=O) groups is 3. The van der Waals surface area contributed by atoms with Crippen molar-refractivity contribution in [3.63, 3.8) is 0 Å². The summed E-state index contributed by atoms with van der Waals surface area (Å²) in [5.74, 6) is -1.74. The molecule has 184 valence electrons. The highest BCUT2D eigenvalue weighted by atomic mass is 32.1. The van der Waals surface area contributed by atoms with E-state index in [0.29, 0.717) is 4.88 Å². The molecule has 1 N–H and O–H groups in total. The molecule has 3 aromatic rings. The van der Waals surface area contributed by atoms with Gasteiger partial charge in [-0.3, -0.25) is 14.5 Å². The number of thiophene rings is 1. The van der Waals surface area contributed by atoms with E-state index >= 15 is 0 Å². The minimum absolute atomic E-state index is 0.0380. The van der Waals surface area contributed by atoms with E-state index in [0.717, 1.165) is 17.0 Å². The number of ether oxygens (including phenoxy) is 1. The molecule has 0 aliphatic carbocycles. The van der Waals surface area contributed by atoms with Crippen molar-refractivity contribution >= 4 is 40.5 Å². The second-order valence-electron chi connectivity index (χ2n) is 7.37. The Bertz CT molecular complexity index is 1200. The number of esters is 1. The van der Waals surface area contributed by atoms with Gasteiger partial charge < -0.3 is 10.1 Å². The van der Waals surface area contributed by atoms with Crippen LogP contribution < -0.4 is 10.2 Å². The molecule has 0 fully saturated rings. The molecule has 1 heterocycles. The first-order chi connectivity index (χ1) is 16.7. The van der Waals surface area contributed by atoms with E-state index in [1.165, 1.54) is 35.6 Å². The topological polar surface area (TPSA) is 75.7 Å². The molecular weight excluding hydrogens is 481 g/mol. The third kappa shape index (κ3) is 6.27. The molecule has 1 aromatic heterocycles. The van der Waals surface area contributed by atoms with Crippen molar-refractivity contribution in [1.82, 2.24) is 0 Å². The van der Waals surface area contributed by atoms with Crippen LogP contribution in [-0.4, -0.2) is 24.4 Å². The number of amides is 2. The number of benzene rings is 2. The van der Waals surface area contributed by atoms with Crippen LogP contribution in [-0.2, 0) is 20.5 Å². The van der Waals surface area contributed by atoms with Gasteiger partial charge >= 0.3 is 12.1 Å². The van der Waals surface area contributed by atoms with Gasteiger partial charge in [0, 0.05) is 22.7 Å². The Balaban J connectivity index is 2.03. The van der Waals surface area contributed by atoms with Gasteiger partial charge in [0.25, 0.3) is 5.91 Å². The number of nitrogens with zero attached hydrogens (tertiary/aromatic N) is 1. The van der Waals surface area contributed by atoms with Gasteiger partial charge in [-0.05, 0) is 54.8 Å². The maximum Gasteiger partial charge on any atom is 0.416 e. The highest BCUT2D eigenvalue weighted by Crippen LogP contribution is 2.36. The lowest BCUT2D eigenvalue weighted by atomic mass is 10.1. The van der Waals surface area contributed by atoms with Crippen LogP contribution in [0.1, 0.15) is 47.1 Å². The van der Waals surface area contributed by atoms with E-state index in [2.05, 4.69) is 5.32 Å². The number of nitrogens with one attached hydrogen (secondary N) is 1. The summed E-state index contributed by atoms with van der Waals surface area (Å²) in [7, 11) is 0. The van der Waals surface area contributed by atoms with E-state index in [9.17, 15) is 27.6 Å². The number of hydrogen-bond donors (Lipinski definition) is 1. The molecule has 0 spiro atoms. The summed E-state index contributed by atoms with van der Waals surface area (Å²) in [6, 6.07) is 12.5. The molecule has 3 rings (SSSR count). The maximum atomic E-state index is 13.5. The van der Waals surface area contributed by atoms with E-state index in [1.807, 2.05) is 0 Å². The SMILES string of the molecule is CCOC(=O)c1cccc(NC(=O)C(c2cccs2)N(C(=O)CC)c2cccc(C(F)(F)F)c2)c1. The fraction of sp³-hybridized carbons (Fsp3) is 0.240. The van der Waals surface area contributed by atoms with Crippen LogP contribution >= 0.6 is 11.3 Å². The van der Waals surface area contributed by atoms with Crippen molar-refractivity contribution in [2.75, 3.05) is 16.8 Å². The Morgan fingerprint density at radius 3 is 2.40 bits per heavy atom. The third-order valence-corrected chi connectivity index (χ3v) is 5.91. The molecule has 0 saturated carbocycles. The largest absolute Gasteiger partial charge is 0.462 e. The summed E-state index contributed by atoms with van der Waals surface area (Å²) in [4.78, 5) is 40.1. The molecule has 1 atom stereocenters. The van der Waals surface area contributed by atoms with Gasteiger partial charge in [0.15, 0.2) is 6.04 Å². The fourth-order valence-corrected chi connectivity index (χ4v) is 4.22. The average Bonchev–Trinajstić information content (AvgIpc) is 3.36. The van der Waals surface area contributed by atoms with Crippen molar-refractivity contribution in [1.29, 1.82) is 0 Å². The standard InChI is InChI=1S/C25H23F3N2O4S/c1-3-21(31)30(19-11-6-9-17(15-19)25(26,27)28)22(20-12-7-13-35-20)23(32)29-18-10-5-8-16(14-18)24(33)34-4-2/h5-15,22H,3-4H2,1-2H3,(H,29,32). The number of carbonyl (C=O) groups excluding carboxylic acids is 3. The fourth-order valence-electron chi connectivity index (χ4n) is 3.41. The van der Waals surface area contributed by atoms with E-state index in [4.69, 9.17) is 4.74 Å². The lowest BCUT2D eigenvalue weighted by Gasteiger charge is -2.31. The van der Waals surface area contributed by atoms with Gasteiger partial charge in [0.05, 0.1) is 17.7 Å². The summed E-state index contributed by atoms with van der Waals surface area (Å²) in [5.41, 5.74) is -0.497. The van der Waals surface area contributed by atoms with Crippen molar-refractivity contribution in [3.05, 3.63) is 82.0 Å². The van der Waals surface area contributed by atoms with Crippen LogP contribution in [0.5, 0.6) is 0 Å². The predicted molar refractivity (Wildman–Crippen MR) is 127 cm³/mol. The van der Waals surface area contributed by atoms with Crippen LogP contribution in [0.3, 0.4) is 0 Å². The van der Waals surface area contributed by atoms with Crippen molar-refractivity contribution < 1.29 is 32.3 Å². The number of hydrogen-bond acceptors (Lipinski definition) is 5. The molecule has 2 aromatic carbocycles. The summed E-state index contributed by atoms with van der Waals surface area (Å²) in [6.07, 6.45) is -4.66. The number of rotatable bonds is 8. The zero-order valence-corrected chi connectivity index (χ0v) is 19.8. The minimum Gasteiger partial charge on any atom is -0.462 e. The first-order valence-electron chi connectivity index (χ1n) is 10.8. The zero-order chi connectivity index (χ0) is 25.6. The van der Waals surface area contributed by atoms with Gasteiger partial charge in [-0.25, -0.2) is 4.79 Å². The monoisotopic (exact) mass is 504 g/mol. The summed E-state index contributed by atoms with van der Waals surface area (Å²) in [5, 5.41) is 4.39. The Kier molecular flexibility index (Phi) is 8.29. The molecule has 0 saturated heterocycles. The first kappa shape index (κ1) is 26.0. The minimum atomic E-state index is -4.62. The van der Waals surface area contributed by atoms with Gasteiger partial charge in [0.1, 0.15) is 0 Å². The maximum absolute atomic E-state index is 13.5. The number of halogens is 3. The molecular formula is C25H23F3N2O4S. The summed E-state index contributed by atoms with van der Waals surface area (Å²) in [6.45, 7) is 3.42. The molecule has 35 heavy (non-hydrogen) atoms.